The lowest BCUT2D eigenvalue weighted by atomic mass is 10.3. The first kappa shape index (κ1) is 16.5. The molecule has 0 fully saturated rings. The van der Waals surface area contributed by atoms with Gasteiger partial charge in [0.15, 0.2) is 11.5 Å². The SMILES string of the molecule is CN(C)NC(=O)CCNS(=O)(=O)c1ccc2c(c1)OCCO2. The summed E-state index contributed by atoms with van der Waals surface area (Å²) in [6.45, 7) is 0.837. The number of hydrogen-bond donors (Lipinski definition) is 2. The van der Waals surface area contributed by atoms with Crippen molar-refractivity contribution in [2.24, 2.45) is 0 Å². The molecule has 122 valence electrons. The number of hydrogen-bond acceptors (Lipinski definition) is 6. The fraction of sp³-hybridized carbons (Fsp3) is 0.462. The number of nitrogens with zero attached hydrogens (tertiary/aromatic N) is 1. The van der Waals surface area contributed by atoms with Crippen LogP contribution in [0.2, 0.25) is 0 Å². The van der Waals surface area contributed by atoms with Crippen LogP contribution in [0.3, 0.4) is 0 Å². The van der Waals surface area contributed by atoms with E-state index in [1.807, 2.05) is 0 Å². The monoisotopic (exact) mass is 329 g/mol. The van der Waals surface area contributed by atoms with Crippen LogP contribution in [0.4, 0.5) is 0 Å². The van der Waals surface area contributed by atoms with Crippen molar-refractivity contribution < 1.29 is 22.7 Å². The maximum Gasteiger partial charge on any atom is 0.240 e. The van der Waals surface area contributed by atoms with Gasteiger partial charge in [-0.15, -0.1) is 0 Å². The third kappa shape index (κ3) is 4.33. The van der Waals surface area contributed by atoms with Crippen molar-refractivity contribution in [1.29, 1.82) is 0 Å². The molecule has 0 aromatic heterocycles. The molecule has 0 radical (unpaired) electrons. The Morgan fingerprint density at radius 1 is 1.23 bits per heavy atom. The molecule has 22 heavy (non-hydrogen) atoms. The van der Waals surface area contributed by atoms with E-state index in [4.69, 9.17) is 9.47 Å². The second kappa shape index (κ2) is 6.95. The molecule has 0 bridgehead atoms. The lowest BCUT2D eigenvalue weighted by molar-refractivity contribution is -0.124. The Hall–Kier alpha value is -1.84. The summed E-state index contributed by atoms with van der Waals surface area (Å²) in [5, 5.41) is 1.50. The summed E-state index contributed by atoms with van der Waals surface area (Å²) in [6.07, 6.45) is 0.0436. The van der Waals surface area contributed by atoms with Gasteiger partial charge >= 0.3 is 0 Å². The number of carbonyl (C=O) groups is 1. The molecule has 2 N–H and O–H groups in total. The van der Waals surface area contributed by atoms with Crippen LogP contribution in [0, 0.1) is 0 Å². The van der Waals surface area contributed by atoms with Gasteiger partial charge < -0.3 is 9.47 Å². The van der Waals surface area contributed by atoms with E-state index in [-0.39, 0.29) is 23.8 Å². The Morgan fingerprint density at radius 2 is 1.91 bits per heavy atom. The van der Waals surface area contributed by atoms with Gasteiger partial charge in [0.05, 0.1) is 4.90 Å². The van der Waals surface area contributed by atoms with E-state index in [0.717, 1.165) is 0 Å². The minimum Gasteiger partial charge on any atom is -0.486 e. The van der Waals surface area contributed by atoms with Gasteiger partial charge in [-0.3, -0.25) is 10.2 Å². The van der Waals surface area contributed by atoms with E-state index >= 15 is 0 Å². The lowest BCUT2D eigenvalue weighted by Gasteiger charge is -2.19. The first-order valence-corrected chi connectivity index (χ1v) is 8.23. The number of carbonyl (C=O) groups excluding carboxylic acids is 1. The molecule has 2 rings (SSSR count). The maximum atomic E-state index is 12.2. The fourth-order valence-electron chi connectivity index (χ4n) is 1.88. The van der Waals surface area contributed by atoms with E-state index in [2.05, 4.69) is 10.1 Å². The number of fused-ring (bicyclic) bond motifs is 1. The smallest absolute Gasteiger partial charge is 0.240 e. The average molecular weight is 329 g/mol. The first-order valence-electron chi connectivity index (χ1n) is 6.74. The largest absolute Gasteiger partial charge is 0.486 e. The molecule has 0 saturated heterocycles. The molecule has 1 aliphatic rings. The third-order valence-corrected chi connectivity index (χ3v) is 4.28. The second-order valence-corrected chi connectivity index (χ2v) is 6.65. The Labute approximate surface area is 129 Å². The number of hydrazine groups is 1. The Bertz CT molecular complexity index is 645. The van der Waals surface area contributed by atoms with Crippen molar-refractivity contribution in [3.8, 4) is 11.5 Å². The van der Waals surface area contributed by atoms with E-state index in [9.17, 15) is 13.2 Å². The van der Waals surface area contributed by atoms with Gasteiger partial charge in [0.2, 0.25) is 15.9 Å². The summed E-state index contributed by atoms with van der Waals surface area (Å²) in [6, 6.07) is 4.41. The third-order valence-electron chi connectivity index (χ3n) is 2.82. The molecule has 1 aromatic carbocycles. The van der Waals surface area contributed by atoms with Crippen LogP contribution in [0.5, 0.6) is 11.5 Å². The Morgan fingerprint density at radius 3 is 2.59 bits per heavy atom. The molecular formula is C13H19N3O5S. The number of rotatable bonds is 6. The molecule has 0 saturated carbocycles. The van der Waals surface area contributed by atoms with Crippen LogP contribution < -0.4 is 19.6 Å². The molecule has 1 amide bonds. The Balaban J connectivity index is 1.97. The van der Waals surface area contributed by atoms with Crippen LogP contribution in [-0.4, -0.2) is 53.2 Å². The van der Waals surface area contributed by atoms with Crippen molar-refractivity contribution in [2.75, 3.05) is 33.9 Å². The van der Waals surface area contributed by atoms with E-state index in [0.29, 0.717) is 24.7 Å². The molecule has 0 spiro atoms. The van der Waals surface area contributed by atoms with Gasteiger partial charge in [0.1, 0.15) is 13.2 Å². The van der Waals surface area contributed by atoms with Gasteiger partial charge in [0.25, 0.3) is 0 Å². The first-order chi connectivity index (χ1) is 10.4. The van der Waals surface area contributed by atoms with Crippen LogP contribution in [0.15, 0.2) is 23.1 Å². The van der Waals surface area contributed by atoms with Gasteiger partial charge in [-0.1, -0.05) is 0 Å². The zero-order valence-electron chi connectivity index (χ0n) is 12.5. The highest BCUT2D eigenvalue weighted by Gasteiger charge is 2.19. The zero-order valence-corrected chi connectivity index (χ0v) is 13.3. The molecule has 0 unspecified atom stereocenters. The minimum atomic E-state index is -3.70. The maximum absolute atomic E-state index is 12.2. The minimum absolute atomic E-state index is 0.0104. The normalized spacial score (nSPS) is 14.0. The van der Waals surface area contributed by atoms with Gasteiger partial charge in [-0.25, -0.2) is 18.1 Å². The van der Waals surface area contributed by atoms with E-state index < -0.39 is 10.0 Å². The van der Waals surface area contributed by atoms with Crippen LogP contribution in [0.25, 0.3) is 0 Å². The average Bonchev–Trinajstić information content (AvgIpc) is 2.45. The molecule has 1 aliphatic heterocycles. The van der Waals surface area contributed by atoms with E-state index in [1.165, 1.54) is 17.1 Å². The van der Waals surface area contributed by atoms with Crippen molar-refractivity contribution in [3.05, 3.63) is 18.2 Å². The summed E-state index contributed by atoms with van der Waals surface area (Å²) < 4.78 is 37.4. The number of sulfonamides is 1. The number of ether oxygens (including phenoxy) is 2. The summed E-state index contributed by atoms with van der Waals surface area (Å²) >= 11 is 0. The van der Waals surface area contributed by atoms with Crippen molar-refractivity contribution in [3.63, 3.8) is 0 Å². The molecule has 8 nitrogen and oxygen atoms in total. The fourth-order valence-corrected chi connectivity index (χ4v) is 2.93. The van der Waals surface area contributed by atoms with Gasteiger partial charge in [0, 0.05) is 33.1 Å². The quantitative estimate of drug-likeness (QED) is 0.697. The van der Waals surface area contributed by atoms with Gasteiger partial charge in [-0.05, 0) is 12.1 Å². The zero-order chi connectivity index (χ0) is 16.2. The van der Waals surface area contributed by atoms with Crippen LogP contribution in [0.1, 0.15) is 6.42 Å². The standard InChI is InChI=1S/C13H19N3O5S/c1-16(2)15-13(17)5-6-14-22(18,19)10-3-4-11-12(9-10)21-8-7-20-11/h3-4,9,14H,5-8H2,1-2H3,(H,15,17). The predicted molar refractivity (Wildman–Crippen MR) is 79.1 cm³/mol. The van der Waals surface area contributed by atoms with Crippen molar-refractivity contribution >= 4 is 15.9 Å². The summed E-state index contributed by atoms with van der Waals surface area (Å²) in [7, 11) is -0.341. The lowest BCUT2D eigenvalue weighted by Crippen LogP contribution is -2.38. The number of nitrogens with one attached hydrogen (secondary N) is 2. The summed E-state index contributed by atoms with van der Waals surface area (Å²) in [5.74, 6) is 0.657. The molecule has 9 heteroatoms. The topological polar surface area (TPSA) is 97.0 Å². The van der Waals surface area contributed by atoms with E-state index in [1.54, 1.807) is 20.2 Å². The second-order valence-electron chi connectivity index (χ2n) is 4.88. The highest BCUT2D eigenvalue weighted by molar-refractivity contribution is 7.89. The number of amides is 1. The van der Waals surface area contributed by atoms with Gasteiger partial charge in [-0.2, -0.15) is 0 Å². The van der Waals surface area contributed by atoms with Crippen LogP contribution in [-0.2, 0) is 14.8 Å². The Kier molecular flexibility index (Phi) is 5.22. The molecule has 0 aliphatic carbocycles. The highest BCUT2D eigenvalue weighted by atomic mass is 32.2. The summed E-state index contributed by atoms with van der Waals surface area (Å²) in [4.78, 5) is 11.5. The molecule has 1 aromatic rings. The van der Waals surface area contributed by atoms with Crippen molar-refractivity contribution in [2.45, 2.75) is 11.3 Å². The number of benzene rings is 1. The molecular weight excluding hydrogens is 310 g/mol. The van der Waals surface area contributed by atoms with Crippen molar-refractivity contribution in [1.82, 2.24) is 15.2 Å². The highest BCUT2D eigenvalue weighted by Crippen LogP contribution is 2.32. The summed E-state index contributed by atoms with van der Waals surface area (Å²) in [5.41, 5.74) is 2.53. The predicted octanol–water partition coefficient (Wildman–Crippen LogP) is -0.281. The van der Waals surface area contributed by atoms with Crippen LogP contribution >= 0.6 is 0 Å². The molecule has 1 heterocycles. The molecule has 0 atom stereocenters.